The highest BCUT2D eigenvalue weighted by Crippen LogP contribution is 2.37. The van der Waals surface area contributed by atoms with Crippen molar-refractivity contribution in [2.75, 3.05) is 18.0 Å². The molecule has 1 saturated carbocycles. The zero-order valence-corrected chi connectivity index (χ0v) is 18.5. The Morgan fingerprint density at radius 3 is 2.53 bits per heavy atom. The van der Waals surface area contributed by atoms with Crippen LogP contribution in [-0.4, -0.2) is 42.2 Å². The third-order valence-corrected chi connectivity index (χ3v) is 6.73. The summed E-state index contributed by atoms with van der Waals surface area (Å²) in [6, 6.07) is 15.1. The first-order valence-electron chi connectivity index (χ1n) is 11.7. The van der Waals surface area contributed by atoms with Crippen molar-refractivity contribution in [1.29, 1.82) is 0 Å². The fourth-order valence-corrected chi connectivity index (χ4v) is 4.90. The van der Waals surface area contributed by atoms with E-state index in [1.54, 1.807) is 4.90 Å². The summed E-state index contributed by atoms with van der Waals surface area (Å²) in [5.74, 6) is 0.292. The van der Waals surface area contributed by atoms with E-state index in [2.05, 4.69) is 11.4 Å². The molecule has 2 fully saturated rings. The Balaban J connectivity index is 1.60. The van der Waals surface area contributed by atoms with Gasteiger partial charge in [-0.15, -0.1) is 0 Å². The lowest BCUT2D eigenvalue weighted by atomic mass is 9.94. The number of hydrogen-bond acceptors (Lipinski definition) is 4. The molecule has 1 heterocycles. The summed E-state index contributed by atoms with van der Waals surface area (Å²) in [5.41, 5.74) is 9.21. The van der Waals surface area contributed by atoms with Crippen LogP contribution in [0.3, 0.4) is 0 Å². The molecule has 2 amide bonds. The predicted molar refractivity (Wildman–Crippen MR) is 126 cm³/mol. The van der Waals surface area contributed by atoms with Crippen molar-refractivity contribution in [3.05, 3.63) is 65.2 Å². The Morgan fingerprint density at radius 1 is 1.12 bits per heavy atom. The van der Waals surface area contributed by atoms with Crippen molar-refractivity contribution >= 4 is 17.5 Å². The minimum atomic E-state index is -0.850. The van der Waals surface area contributed by atoms with Gasteiger partial charge in [-0.1, -0.05) is 43.2 Å². The van der Waals surface area contributed by atoms with Gasteiger partial charge in [-0.3, -0.25) is 9.59 Å². The third kappa shape index (κ3) is 5.19. The number of carbonyl (C=O) groups is 2. The van der Waals surface area contributed by atoms with Gasteiger partial charge in [-0.25, -0.2) is 0 Å². The van der Waals surface area contributed by atoms with Gasteiger partial charge in [0.25, 0.3) is 5.91 Å². The molecule has 0 aromatic heterocycles. The Labute approximate surface area is 189 Å². The molecule has 0 bridgehead atoms. The van der Waals surface area contributed by atoms with Crippen molar-refractivity contribution in [3.8, 4) is 0 Å². The van der Waals surface area contributed by atoms with Crippen LogP contribution < -0.4 is 16.0 Å². The fraction of sp³-hybridized carbons (Fsp3) is 0.462. The number of anilines is 1. The van der Waals surface area contributed by atoms with Gasteiger partial charge in [0.2, 0.25) is 5.91 Å². The molecule has 2 atom stereocenters. The number of rotatable bonds is 8. The molecule has 6 heteroatoms. The summed E-state index contributed by atoms with van der Waals surface area (Å²) in [6.07, 6.45) is 5.65. The van der Waals surface area contributed by atoms with E-state index in [1.165, 1.54) is 12.8 Å². The zero-order valence-electron chi connectivity index (χ0n) is 18.5. The van der Waals surface area contributed by atoms with Crippen LogP contribution in [-0.2, 0) is 11.2 Å². The number of nitrogens with one attached hydrogen (secondary N) is 1. The van der Waals surface area contributed by atoms with Crippen molar-refractivity contribution in [1.82, 2.24) is 5.32 Å². The molecule has 1 saturated heterocycles. The molecule has 170 valence electrons. The second kappa shape index (κ2) is 10.3. The fourth-order valence-electron chi connectivity index (χ4n) is 4.90. The van der Waals surface area contributed by atoms with Gasteiger partial charge in [0.05, 0.1) is 12.1 Å². The van der Waals surface area contributed by atoms with Crippen LogP contribution in [0, 0.1) is 0 Å². The molecular weight excluding hydrogens is 402 g/mol. The molecule has 32 heavy (non-hydrogen) atoms. The van der Waals surface area contributed by atoms with Crippen molar-refractivity contribution in [2.24, 2.45) is 5.73 Å². The standard InChI is InChI=1S/C26H33N3O3/c27-17-24(30)23(13-18-7-2-1-3-8-18)28-26(32)21-14-20(19-9-4-5-10-19)15-22(16-21)29-12-6-11-25(29)31/h1-3,7-8,14-16,19,23-24,30H,4-6,9-13,17,27H2,(H,28,32)/t23-,24-/m0/s1. The molecule has 2 aromatic carbocycles. The average molecular weight is 436 g/mol. The molecule has 2 aliphatic rings. The summed E-state index contributed by atoms with van der Waals surface area (Å²) in [5, 5.41) is 13.5. The van der Waals surface area contributed by atoms with E-state index < -0.39 is 12.1 Å². The van der Waals surface area contributed by atoms with Crippen LogP contribution in [0.2, 0.25) is 0 Å². The van der Waals surface area contributed by atoms with E-state index in [4.69, 9.17) is 5.73 Å². The smallest absolute Gasteiger partial charge is 0.251 e. The number of aliphatic hydroxyl groups excluding tert-OH is 1. The number of carbonyl (C=O) groups excluding carboxylic acids is 2. The maximum absolute atomic E-state index is 13.3. The number of amides is 2. The highest BCUT2D eigenvalue weighted by atomic mass is 16.3. The van der Waals surface area contributed by atoms with E-state index in [0.717, 1.165) is 36.1 Å². The number of nitrogens with two attached hydrogens (primary N) is 1. The lowest BCUT2D eigenvalue weighted by Crippen LogP contribution is -2.47. The molecule has 4 rings (SSSR count). The van der Waals surface area contributed by atoms with E-state index in [-0.39, 0.29) is 18.4 Å². The normalized spacial score (nSPS) is 18.7. The van der Waals surface area contributed by atoms with Gasteiger partial charge >= 0.3 is 0 Å². The molecule has 4 N–H and O–H groups in total. The molecule has 1 aliphatic carbocycles. The van der Waals surface area contributed by atoms with Crippen molar-refractivity contribution in [3.63, 3.8) is 0 Å². The molecule has 0 spiro atoms. The Kier molecular flexibility index (Phi) is 7.22. The largest absolute Gasteiger partial charge is 0.390 e. The third-order valence-electron chi connectivity index (χ3n) is 6.73. The molecule has 0 unspecified atom stereocenters. The Bertz CT molecular complexity index is 941. The molecular formula is C26H33N3O3. The highest BCUT2D eigenvalue weighted by Gasteiger charge is 2.27. The van der Waals surface area contributed by atoms with Gasteiger partial charge < -0.3 is 21.1 Å². The first kappa shape index (κ1) is 22.5. The molecule has 6 nitrogen and oxygen atoms in total. The summed E-state index contributed by atoms with van der Waals surface area (Å²) < 4.78 is 0. The van der Waals surface area contributed by atoms with Gasteiger partial charge in [-0.05, 0) is 60.9 Å². The summed E-state index contributed by atoms with van der Waals surface area (Å²) in [7, 11) is 0. The quantitative estimate of drug-likeness (QED) is 0.594. The number of nitrogens with zero attached hydrogens (tertiary/aromatic N) is 1. The summed E-state index contributed by atoms with van der Waals surface area (Å²) in [6.45, 7) is 0.754. The van der Waals surface area contributed by atoms with Gasteiger partial charge in [0.1, 0.15) is 0 Å². The summed E-state index contributed by atoms with van der Waals surface area (Å²) >= 11 is 0. The Morgan fingerprint density at radius 2 is 1.88 bits per heavy atom. The first-order chi connectivity index (χ1) is 15.5. The number of hydrogen-bond donors (Lipinski definition) is 3. The maximum atomic E-state index is 13.3. The van der Waals surface area contributed by atoms with Gasteiger partial charge in [0.15, 0.2) is 0 Å². The topological polar surface area (TPSA) is 95.7 Å². The van der Waals surface area contributed by atoms with Crippen LogP contribution >= 0.6 is 0 Å². The molecule has 0 radical (unpaired) electrons. The monoisotopic (exact) mass is 435 g/mol. The van der Waals surface area contributed by atoms with E-state index in [1.807, 2.05) is 42.5 Å². The van der Waals surface area contributed by atoms with E-state index in [0.29, 0.717) is 30.9 Å². The van der Waals surface area contributed by atoms with Crippen LogP contribution in [0.25, 0.3) is 0 Å². The van der Waals surface area contributed by atoms with Crippen molar-refractivity contribution in [2.45, 2.75) is 63.0 Å². The second-order valence-electron chi connectivity index (χ2n) is 9.02. The van der Waals surface area contributed by atoms with Crippen LogP contribution in [0.1, 0.15) is 65.9 Å². The van der Waals surface area contributed by atoms with Gasteiger partial charge in [0, 0.05) is 30.8 Å². The van der Waals surface area contributed by atoms with E-state index >= 15 is 0 Å². The number of benzene rings is 2. The van der Waals surface area contributed by atoms with Crippen molar-refractivity contribution < 1.29 is 14.7 Å². The SMILES string of the molecule is NC[C@H](O)[C@H](Cc1ccccc1)NC(=O)c1cc(C2CCCC2)cc(N2CCCC2=O)c1. The minimum absolute atomic E-state index is 0.0629. The lowest BCUT2D eigenvalue weighted by molar-refractivity contribution is -0.117. The second-order valence-corrected chi connectivity index (χ2v) is 9.02. The average Bonchev–Trinajstić information content (AvgIpc) is 3.50. The number of aliphatic hydroxyl groups is 1. The first-order valence-corrected chi connectivity index (χ1v) is 11.7. The van der Waals surface area contributed by atoms with E-state index in [9.17, 15) is 14.7 Å². The van der Waals surface area contributed by atoms with Crippen LogP contribution in [0.5, 0.6) is 0 Å². The summed E-state index contributed by atoms with van der Waals surface area (Å²) in [4.78, 5) is 27.5. The minimum Gasteiger partial charge on any atom is -0.390 e. The molecule has 2 aromatic rings. The van der Waals surface area contributed by atoms with Crippen LogP contribution in [0.4, 0.5) is 5.69 Å². The maximum Gasteiger partial charge on any atom is 0.251 e. The predicted octanol–water partition coefficient (Wildman–Crippen LogP) is 3.13. The Hall–Kier alpha value is -2.70. The highest BCUT2D eigenvalue weighted by molar-refractivity contribution is 5.99. The van der Waals surface area contributed by atoms with Gasteiger partial charge in [-0.2, -0.15) is 0 Å². The zero-order chi connectivity index (χ0) is 22.5. The van der Waals surface area contributed by atoms with Crippen LogP contribution in [0.15, 0.2) is 48.5 Å². The molecule has 1 aliphatic heterocycles. The lowest BCUT2D eigenvalue weighted by Gasteiger charge is -2.25.